The van der Waals surface area contributed by atoms with Crippen molar-refractivity contribution in [2.24, 2.45) is 0 Å². The van der Waals surface area contributed by atoms with Crippen LogP contribution in [0.25, 0.3) is 5.65 Å². The lowest BCUT2D eigenvalue weighted by atomic mass is 10.1. The van der Waals surface area contributed by atoms with E-state index in [1.165, 1.54) is 16.6 Å². The maximum Gasteiger partial charge on any atom is 0.345 e. The highest BCUT2D eigenvalue weighted by atomic mass is 19.1. The number of hydrogen-bond acceptors (Lipinski definition) is 7. The van der Waals surface area contributed by atoms with E-state index in [-0.39, 0.29) is 35.4 Å². The largest absolute Gasteiger partial charge is 0.487 e. The van der Waals surface area contributed by atoms with Crippen molar-refractivity contribution < 1.29 is 18.7 Å². The number of esters is 1. The summed E-state index contributed by atoms with van der Waals surface area (Å²) in [5.74, 6) is -0.190. The van der Waals surface area contributed by atoms with Gasteiger partial charge in [-0.1, -0.05) is 0 Å². The Hall–Kier alpha value is -3.67. The zero-order valence-electron chi connectivity index (χ0n) is 15.1. The van der Waals surface area contributed by atoms with Crippen LogP contribution in [0.1, 0.15) is 41.5 Å². The lowest BCUT2D eigenvalue weighted by Crippen LogP contribution is -2.23. The summed E-state index contributed by atoms with van der Waals surface area (Å²) in [5, 5.41) is 16.6. The zero-order chi connectivity index (χ0) is 19.8. The number of carbonyl (C=O) groups is 1. The monoisotopic (exact) mass is 381 g/mol. The molecule has 2 bridgehead atoms. The number of rotatable bonds is 0. The van der Waals surface area contributed by atoms with Crippen LogP contribution in [-0.4, -0.2) is 33.3 Å². The van der Waals surface area contributed by atoms with Crippen molar-refractivity contribution in [1.82, 2.24) is 14.6 Å². The van der Waals surface area contributed by atoms with Gasteiger partial charge in [-0.05, 0) is 38.1 Å². The van der Waals surface area contributed by atoms with Gasteiger partial charge in [0, 0.05) is 11.8 Å². The van der Waals surface area contributed by atoms with Gasteiger partial charge in [-0.3, -0.25) is 0 Å². The molecule has 28 heavy (non-hydrogen) atoms. The Balaban J connectivity index is 1.86. The molecular weight excluding hydrogens is 365 g/mol. The van der Waals surface area contributed by atoms with E-state index in [1.54, 1.807) is 25.3 Å². The number of fused-ring (bicyclic) bond motifs is 2. The smallest absolute Gasteiger partial charge is 0.345 e. The van der Waals surface area contributed by atoms with Crippen LogP contribution >= 0.6 is 0 Å². The first kappa shape index (κ1) is 17.7. The van der Waals surface area contributed by atoms with Crippen LogP contribution in [0.2, 0.25) is 0 Å². The van der Waals surface area contributed by atoms with E-state index in [0.29, 0.717) is 17.1 Å². The molecule has 9 heteroatoms. The first-order chi connectivity index (χ1) is 13.5. The second-order valence-corrected chi connectivity index (χ2v) is 6.49. The third-order valence-electron chi connectivity index (χ3n) is 4.38. The minimum atomic E-state index is -0.710. The molecule has 1 aliphatic rings. The van der Waals surface area contributed by atoms with Crippen LogP contribution in [-0.2, 0) is 4.74 Å². The van der Waals surface area contributed by atoms with Gasteiger partial charge < -0.3 is 14.8 Å². The molecule has 1 aromatic carbocycles. The third kappa shape index (κ3) is 3.09. The molecule has 3 heterocycles. The van der Waals surface area contributed by atoms with Gasteiger partial charge in [-0.25, -0.2) is 18.7 Å². The summed E-state index contributed by atoms with van der Waals surface area (Å²) in [6.07, 6.45) is 1.09. The van der Waals surface area contributed by atoms with E-state index in [2.05, 4.69) is 15.4 Å². The number of benzene rings is 1. The first-order valence-corrected chi connectivity index (χ1v) is 8.65. The molecule has 0 aliphatic carbocycles. The number of nitrogens with one attached hydrogen (secondary N) is 1. The van der Waals surface area contributed by atoms with Crippen LogP contribution in [0.5, 0.6) is 5.75 Å². The standard InChI is InChI=1S/C19H16FN5O3/c1-10-9-27-19(26)17-14(8-21)24-25-6-5-16(23-18(17)25)22-11(2)13-7-12(20)3-4-15(13)28-10/h3-7,10-11H,9H2,1-2H3,(H,22,23)/t10-,11+/m0/s1. The number of ether oxygens (including phenoxy) is 2. The van der Waals surface area contributed by atoms with Crippen LogP contribution in [0.15, 0.2) is 30.5 Å². The predicted molar refractivity (Wildman–Crippen MR) is 96.5 cm³/mol. The number of aromatic nitrogens is 3. The van der Waals surface area contributed by atoms with Crippen molar-refractivity contribution in [1.29, 1.82) is 5.26 Å². The van der Waals surface area contributed by atoms with E-state index < -0.39 is 12.1 Å². The first-order valence-electron chi connectivity index (χ1n) is 8.65. The van der Waals surface area contributed by atoms with E-state index in [4.69, 9.17) is 9.47 Å². The minimum absolute atomic E-state index is 0.00573. The Labute approximate surface area is 159 Å². The molecule has 0 unspecified atom stereocenters. The molecule has 0 radical (unpaired) electrons. The number of hydrogen-bond donors (Lipinski definition) is 1. The Morgan fingerprint density at radius 1 is 1.36 bits per heavy atom. The number of anilines is 1. The lowest BCUT2D eigenvalue weighted by Gasteiger charge is -2.21. The second-order valence-electron chi connectivity index (χ2n) is 6.49. The van der Waals surface area contributed by atoms with Crippen molar-refractivity contribution in [3.63, 3.8) is 0 Å². The van der Waals surface area contributed by atoms with E-state index in [9.17, 15) is 14.4 Å². The topological polar surface area (TPSA) is 102 Å². The van der Waals surface area contributed by atoms with Gasteiger partial charge >= 0.3 is 5.97 Å². The highest BCUT2D eigenvalue weighted by Crippen LogP contribution is 2.30. The molecule has 2 aromatic heterocycles. The molecule has 4 rings (SSSR count). The number of nitrogens with zero attached hydrogens (tertiary/aromatic N) is 4. The molecule has 0 saturated heterocycles. The molecule has 3 aromatic rings. The van der Waals surface area contributed by atoms with Crippen molar-refractivity contribution in [3.05, 3.63) is 53.1 Å². The van der Waals surface area contributed by atoms with Gasteiger partial charge in [0.05, 0.1) is 6.04 Å². The summed E-state index contributed by atoms with van der Waals surface area (Å²) in [5.41, 5.74) is 0.724. The van der Waals surface area contributed by atoms with E-state index in [1.807, 2.05) is 13.0 Å². The predicted octanol–water partition coefficient (Wildman–Crippen LogP) is 2.85. The Morgan fingerprint density at radius 2 is 2.18 bits per heavy atom. The molecule has 8 nitrogen and oxygen atoms in total. The Kier molecular flexibility index (Phi) is 4.31. The average molecular weight is 381 g/mol. The van der Waals surface area contributed by atoms with Crippen LogP contribution in [0.3, 0.4) is 0 Å². The van der Waals surface area contributed by atoms with Crippen LogP contribution in [0.4, 0.5) is 10.2 Å². The lowest BCUT2D eigenvalue weighted by molar-refractivity contribution is 0.0341. The molecule has 2 atom stereocenters. The summed E-state index contributed by atoms with van der Waals surface area (Å²) in [4.78, 5) is 17.0. The summed E-state index contributed by atoms with van der Waals surface area (Å²) < 4.78 is 26.4. The maximum atomic E-state index is 13.8. The van der Waals surface area contributed by atoms with Crippen molar-refractivity contribution in [2.75, 3.05) is 11.9 Å². The quantitative estimate of drug-likeness (QED) is 0.598. The fraction of sp³-hybridized carbons (Fsp3) is 0.263. The van der Waals surface area contributed by atoms with Gasteiger partial charge in [0.1, 0.15) is 41.7 Å². The minimum Gasteiger partial charge on any atom is -0.487 e. The SMILES string of the molecule is C[C@H]1COC(=O)c2c(C#N)nn3ccc(nc23)N[C@H](C)c2cc(F)ccc2O1. The summed E-state index contributed by atoms with van der Waals surface area (Å²) >= 11 is 0. The van der Waals surface area contributed by atoms with Gasteiger partial charge in [0.2, 0.25) is 0 Å². The molecule has 0 amide bonds. The van der Waals surface area contributed by atoms with E-state index >= 15 is 0 Å². The van der Waals surface area contributed by atoms with Gasteiger partial charge in [-0.15, -0.1) is 0 Å². The molecule has 0 fully saturated rings. The zero-order valence-corrected chi connectivity index (χ0v) is 15.1. The normalized spacial score (nSPS) is 19.3. The molecule has 142 valence electrons. The second kappa shape index (κ2) is 6.81. The molecule has 1 aliphatic heterocycles. The van der Waals surface area contributed by atoms with Gasteiger partial charge in [-0.2, -0.15) is 10.4 Å². The number of carbonyl (C=O) groups excluding carboxylic acids is 1. The van der Waals surface area contributed by atoms with Crippen molar-refractivity contribution >= 4 is 17.4 Å². The summed E-state index contributed by atoms with van der Waals surface area (Å²) in [6.45, 7) is 3.52. The van der Waals surface area contributed by atoms with Gasteiger partial charge in [0.25, 0.3) is 0 Å². The maximum absolute atomic E-state index is 13.8. The average Bonchev–Trinajstić information content (AvgIpc) is 3.04. The summed E-state index contributed by atoms with van der Waals surface area (Å²) in [6, 6.07) is 7.44. The highest BCUT2D eigenvalue weighted by Gasteiger charge is 2.25. The van der Waals surface area contributed by atoms with Gasteiger partial charge in [0.15, 0.2) is 11.3 Å². The highest BCUT2D eigenvalue weighted by molar-refractivity contribution is 5.98. The molecule has 0 spiro atoms. The molecule has 0 saturated carbocycles. The van der Waals surface area contributed by atoms with Crippen molar-refractivity contribution in [3.8, 4) is 11.8 Å². The fourth-order valence-electron chi connectivity index (χ4n) is 3.06. The van der Waals surface area contributed by atoms with E-state index in [0.717, 1.165) is 0 Å². The third-order valence-corrected chi connectivity index (χ3v) is 4.38. The molecular formula is C19H16FN5O3. The number of halogens is 1. The van der Waals surface area contributed by atoms with Crippen LogP contribution in [0, 0.1) is 17.1 Å². The summed E-state index contributed by atoms with van der Waals surface area (Å²) in [7, 11) is 0. The number of cyclic esters (lactones) is 1. The van der Waals surface area contributed by atoms with Crippen molar-refractivity contribution in [2.45, 2.75) is 26.0 Å². The number of nitriles is 1. The fourth-order valence-corrected chi connectivity index (χ4v) is 3.06. The molecule has 1 N–H and O–H groups in total. The Bertz CT molecular complexity index is 1120. The Morgan fingerprint density at radius 3 is 2.96 bits per heavy atom. The van der Waals surface area contributed by atoms with Crippen LogP contribution < -0.4 is 10.1 Å².